The number of aromatic carboxylic acids is 1. The third kappa shape index (κ3) is 4.09. The molecular formula is C21H20ClF4N3O5. The van der Waals surface area contributed by atoms with E-state index in [-0.39, 0.29) is 33.2 Å². The number of anilines is 1. The van der Waals surface area contributed by atoms with Crippen molar-refractivity contribution in [2.45, 2.75) is 43.4 Å². The van der Waals surface area contributed by atoms with Crippen molar-refractivity contribution in [1.82, 2.24) is 4.57 Å². The maximum Gasteiger partial charge on any atom is 0.490 e. The van der Waals surface area contributed by atoms with E-state index in [0.29, 0.717) is 24.5 Å². The van der Waals surface area contributed by atoms with Gasteiger partial charge in [0.05, 0.1) is 21.6 Å². The zero-order valence-corrected chi connectivity index (χ0v) is 18.3. The van der Waals surface area contributed by atoms with Crippen molar-refractivity contribution >= 4 is 40.1 Å². The first-order valence-electron chi connectivity index (χ1n) is 10.4. The minimum atomic E-state index is -5.08. The molecule has 184 valence electrons. The summed E-state index contributed by atoms with van der Waals surface area (Å²) in [5.41, 5.74) is 5.69. The SMILES string of the molecule is NC12CCC1CN(c1c(F)cc3c(=O)c(C(=O)O)cn(C4CC4)c3c1Cl)C2.O=C(O)C(F)(F)F. The van der Waals surface area contributed by atoms with E-state index in [0.717, 1.165) is 31.7 Å². The Kier molecular flexibility index (Phi) is 5.80. The number of carboxylic acid groups (broad SMARTS) is 2. The fourth-order valence-corrected chi connectivity index (χ4v) is 4.98. The van der Waals surface area contributed by atoms with Crippen LogP contribution in [0.2, 0.25) is 5.02 Å². The predicted octanol–water partition coefficient (Wildman–Crippen LogP) is 3.39. The Bertz CT molecular complexity index is 1260. The summed E-state index contributed by atoms with van der Waals surface area (Å²) in [6, 6.07) is 1.21. The van der Waals surface area contributed by atoms with Gasteiger partial charge in [-0.3, -0.25) is 4.79 Å². The van der Waals surface area contributed by atoms with Crippen LogP contribution in [0.4, 0.5) is 23.2 Å². The first-order chi connectivity index (χ1) is 15.7. The van der Waals surface area contributed by atoms with E-state index in [4.69, 9.17) is 27.2 Å². The molecule has 0 bridgehead atoms. The molecule has 2 aromatic rings. The Morgan fingerprint density at radius 1 is 1.21 bits per heavy atom. The standard InChI is InChI=1S/C19H19ClFN3O3.C2HF3O2/c20-14-15-11(17(25)12(18(26)27)7-24(15)10-1-2-10)5-13(21)16(14)23-6-9-3-4-19(9,22)8-23;3-2(4,5)1(6)7/h5,7,9-10H,1-4,6,8,22H2,(H,26,27);(H,6,7). The third-order valence-electron chi connectivity index (χ3n) is 6.61. The molecule has 1 aromatic carbocycles. The van der Waals surface area contributed by atoms with Crippen molar-refractivity contribution < 1.29 is 37.4 Å². The molecule has 4 N–H and O–H groups in total. The number of halogens is 5. The molecule has 8 nitrogen and oxygen atoms in total. The minimum Gasteiger partial charge on any atom is -0.477 e. The number of benzene rings is 1. The average molecular weight is 506 g/mol. The van der Waals surface area contributed by atoms with Gasteiger partial charge in [0.25, 0.3) is 0 Å². The molecule has 2 unspecified atom stereocenters. The van der Waals surface area contributed by atoms with Crippen molar-refractivity contribution in [1.29, 1.82) is 0 Å². The molecule has 0 amide bonds. The summed E-state index contributed by atoms with van der Waals surface area (Å²) < 4.78 is 48.5. The number of pyridine rings is 1. The Morgan fingerprint density at radius 3 is 2.24 bits per heavy atom. The van der Waals surface area contributed by atoms with Crippen molar-refractivity contribution in [3.63, 3.8) is 0 Å². The Morgan fingerprint density at radius 2 is 1.82 bits per heavy atom. The summed E-state index contributed by atoms with van der Waals surface area (Å²) in [6.45, 7) is 1.17. The molecule has 3 aliphatic rings. The summed E-state index contributed by atoms with van der Waals surface area (Å²) in [7, 11) is 0. The molecule has 13 heteroatoms. The van der Waals surface area contributed by atoms with Gasteiger partial charge in [0.15, 0.2) is 0 Å². The number of aliphatic carboxylic acids is 1. The van der Waals surface area contributed by atoms with E-state index < -0.39 is 29.4 Å². The van der Waals surface area contributed by atoms with Crippen LogP contribution in [-0.4, -0.2) is 51.5 Å². The van der Waals surface area contributed by atoms with Crippen LogP contribution < -0.4 is 16.1 Å². The lowest BCUT2D eigenvalue weighted by Gasteiger charge is -2.40. The van der Waals surface area contributed by atoms with Crippen LogP contribution >= 0.6 is 11.6 Å². The van der Waals surface area contributed by atoms with E-state index in [1.165, 1.54) is 6.20 Å². The summed E-state index contributed by atoms with van der Waals surface area (Å²) in [5.74, 6) is -4.37. The maximum atomic E-state index is 15.0. The highest BCUT2D eigenvalue weighted by atomic mass is 35.5. The number of nitrogens with zero attached hydrogens (tertiary/aromatic N) is 2. The topological polar surface area (TPSA) is 126 Å². The van der Waals surface area contributed by atoms with Gasteiger partial charge in [-0.25, -0.2) is 14.0 Å². The number of hydrogen-bond acceptors (Lipinski definition) is 5. The largest absolute Gasteiger partial charge is 0.490 e. The molecule has 1 aromatic heterocycles. The zero-order valence-electron chi connectivity index (χ0n) is 17.5. The third-order valence-corrected chi connectivity index (χ3v) is 6.97. The van der Waals surface area contributed by atoms with Crippen molar-refractivity contribution in [3.8, 4) is 0 Å². The number of nitrogens with two attached hydrogens (primary N) is 1. The molecule has 1 saturated heterocycles. The number of rotatable bonds is 3. The van der Waals surface area contributed by atoms with E-state index in [1.54, 1.807) is 4.57 Å². The smallest absolute Gasteiger partial charge is 0.477 e. The van der Waals surface area contributed by atoms with Crippen LogP contribution in [0.1, 0.15) is 42.1 Å². The fourth-order valence-electron chi connectivity index (χ4n) is 4.57. The van der Waals surface area contributed by atoms with E-state index in [1.807, 2.05) is 4.90 Å². The molecule has 0 spiro atoms. The summed E-state index contributed by atoms with van der Waals surface area (Å²) in [4.78, 5) is 34.8. The predicted molar refractivity (Wildman–Crippen MR) is 114 cm³/mol. The summed E-state index contributed by atoms with van der Waals surface area (Å²) in [5, 5.41) is 16.6. The highest BCUT2D eigenvalue weighted by molar-refractivity contribution is 6.38. The van der Waals surface area contributed by atoms with E-state index in [2.05, 4.69) is 0 Å². The first kappa shape index (κ1) is 24.3. The number of carbonyl (C=O) groups is 2. The van der Waals surface area contributed by atoms with Gasteiger partial charge in [-0.2, -0.15) is 13.2 Å². The number of aromatic nitrogens is 1. The van der Waals surface area contributed by atoms with Gasteiger partial charge in [0.2, 0.25) is 5.43 Å². The normalized spacial score (nSPS) is 23.7. The second-order valence-electron chi connectivity index (χ2n) is 8.88. The van der Waals surface area contributed by atoms with Gasteiger partial charge < -0.3 is 25.4 Å². The van der Waals surface area contributed by atoms with Crippen LogP contribution in [0.5, 0.6) is 0 Å². The minimum absolute atomic E-state index is 0.0117. The van der Waals surface area contributed by atoms with Crippen molar-refractivity contribution in [2.75, 3.05) is 18.0 Å². The first-order valence-corrected chi connectivity index (χ1v) is 10.8. The zero-order chi connectivity index (χ0) is 25.2. The highest BCUT2D eigenvalue weighted by Gasteiger charge is 2.51. The van der Waals surface area contributed by atoms with Crippen LogP contribution in [0.25, 0.3) is 10.9 Å². The molecule has 2 atom stereocenters. The molecule has 34 heavy (non-hydrogen) atoms. The van der Waals surface area contributed by atoms with E-state index in [9.17, 15) is 27.9 Å². The van der Waals surface area contributed by atoms with Crippen LogP contribution in [0.3, 0.4) is 0 Å². The van der Waals surface area contributed by atoms with Crippen LogP contribution in [-0.2, 0) is 4.79 Å². The fraction of sp³-hybridized carbons (Fsp3) is 0.476. The van der Waals surface area contributed by atoms with Gasteiger partial charge in [0.1, 0.15) is 11.4 Å². The Labute approximate surface area is 194 Å². The molecule has 2 heterocycles. The van der Waals surface area contributed by atoms with Crippen LogP contribution in [0, 0.1) is 11.7 Å². The monoisotopic (exact) mass is 505 g/mol. The number of carboxylic acids is 2. The molecule has 3 fully saturated rings. The van der Waals surface area contributed by atoms with Gasteiger partial charge >= 0.3 is 18.1 Å². The Hall–Kier alpha value is -2.86. The van der Waals surface area contributed by atoms with Gasteiger partial charge in [-0.05, 0) is 37.7 Å². The maximum absolute atomic E-state index is 15.0. The van der Waals surface area contributed by atoms with Crippen molar-refractivity contribution in [3.05, 3.63) is 38.9 Å². The van der Waals surface area contributed by atoms with Gasteiger partial charge in [0, 0.05) is 30.9 Å². The molecule has 2 aliphatic carbocycles. The highest BCUT2D eigenvalue weighted by Crippen LogP contribution is 2.47. The second-order valence-corrected chi connectivity index (χ2v) is 9.26. The quantitative estimate of drug-likeness (QED) is 0.546. The lowest BCUT2D eigenvalue weighted by Crippen LogP contribution is -2.54. The average Bonchev–Trinajstić information content (AvgIpc) is 3.53. The lowest BCUT2D eigenvalue weighted by molar-refractivity contribution is -0.192. The number of fused-ring (bicyclic) bond motifs is 2. The number of alkyl halides is 3. The molecule has 2 saturated carbocycles. The molecular weight excluding hydrogens is 486 g/mol. The molecule has 1 aliphatic heterocycles. The van der Waals surface area contributed by atoms with Gasteiger partial charge in [-0.1, -0.05) is 11.6 Å². The van der Waals surface area contributed by atoms with Crippen LogP contribution in [0.15, 0.2) is 17.1 Å². The van der Waals surface area contributed by atoms with E-state index >= 15 is 4.39 Å². The summed E-state index contributed by atoms with van der Waals surface area (Å²) in [6.07, 6.45) is -0.0593. The summed E-state index contributed by atoms with van der Waals surface area (Å²) >= 11 is 6.64. The molecule has 0 radical (unpaired) electrons. The Balaban J connectivity index is 0.000000344. The van der Waals surface area contributed by atoms with Crippen molar-refractivity contribution in [2.24, 2.45) is 11.7 Å². The molecule has 5 rings (SSSR count). The second kappa shape index (κ2) is 8.12. The lowest BCUT2D eigenvalue weighted by atomic mass is 9.70. The number of hydrogen-bond donors (Lipinski definition) is 3. The van der Waals surface area contributed by atoms with Gasteiger partial charge in [-0.15, -0.1) is 0 Å².